The van der Waals surface area contributed by atoms with Crippen molar-refractivity contribution in [3.63, 3.8) is 0 Å². The van der Waals surface area contributed by atoms with Crippen molar-refractivity contribution in [3.05, 3.63) is 29.3 Å². The minimum atomic E-state index is -3.68. The van der Waals surface area contributed by atoms with Crippen LogP contribution in [0.4, 0.5) is 0 Å². The van der Waals surface area contributed by atoms with E-state index in [1.807, 2.05) is 13.8 Å². The van der Waals surface area contributed by atoms with Gasteiger partial charge in [-0.3, -0.25) is 9.59 Å². The molecule has 0 aromatic heterocycles. The lowest BCUT2D eigenvalue weighted by Crippen LogP contribution is -2.60. The van der Waals surface area contributed by atoms with Crippen LogP contribution in [0.25, 0.3) is 0 Å². The summed E-state index contributed by atoms with van der Waals surface area (Å²) < 4.78 is 27.4. The third-order valence-corrected chi connectivity index (χ3v) is 7.23. The number of hydrogen-bond donors (Lipinski definition) is 3. The fraction of sp³-hybridized carbons (Fsp3) is 0.636. The molecular weight excluding hydrogens is 402 g/mol. The zero-order valence-corrected chi connectivity index (χ0v) is 19.2. The van der Waals surface area contributed by atoms with E-state index in [-0.39, 0.29) is 29.7 Å². The van der Waals surface area contributed by atoms with E-state index < -0.39 is 15.6 Å². The molecule has 0 unspecified atom stereocenters. The molecule has 3 N–H and O–H groups in total. The summed E-state index contributed by atoms with van der Waals surface area (Å²) in [5, 5.41) is 5.86. The van der Waals surface area contributed by atoms with Crippen LogP contribution in [-0.4, -0.2) is 38.9 Å². The van der Waals surface area contributed by atoms with Crippen LogP contribution in [0, 0.1) is 13.8 Å². The van der Waals surface area contributed by atoms with Crippen LogP contribution in [0.1, 0.15) is 69.4 Å². The van der Waals surface area contributed by atoms with Gasteiger partial charge in [-0.05, 0) is 56.4 Å². The molecule has 0 aliphatic heterocycles. The van der Waals surface area contributed by atoms with E-state index in [1.165, 1.54) is 0 Å². The number of nitrogens with one attached hydrogen (secondary N) is 3. The maximum atomic E-state index is 12.8. The number of aryl methyl sites for hydroxylation is 2. The first-order chi connectivity index (χ1) is 14.2. The Kier molecular flexibility index (Phi) is 8.85. The van der Waals surface area contributed by atoms with Gasteiger partial charge in [-0.2, -0.15) is 0 Å². The maximum Gasteiger partial charge on any atom is 0.245 e. The number of hydrogen-bond acceptors (Lipinski definition) is 4. The molecule has 0 spiro atoms. The Labute approximate surface area is 180 Å². The summed E-state index contributed by atoms with van der Waals surface area (Å²) in [6, 6.07) is 4.94. The average Bonchev–Trinajstić information content (AvgIpc) is 2.70. The number of carbonyl (C=O) groups excluding carboxylic acids is 2. The van der Waals surface area contributed by atoms with Crippen molar-refractivity contribution in [1.29, 1.82) is 0 Å². The lowest BCUT2D eigenvalue weighted by Gasteiger charge is -2.36. The number of rotatable bonds is 10. The predicted octanol–water partition coefficient (Wildman–Crippen LogP) is 2.71. The van der Waals surface area contributed by atoms with E-state index in [1.54, 1.807) is 18.2 Å². The summed E-state index contributed by atoms with van der Waals surface area (Å²) in [7, 11) is -3.68. The minimum Gasteiger partial charge on any atom is -0.354 e. The third kappa shape index (κ3) is 6.54. The summed E-state index contributed by atoms with van der Waals surface area (Å²) in [5.74, 6) is -0.440. The van der Waals surface area contributed by atoms with E-state index >= 15 is 0 Å². The van der Waals surface area contributed by atoms with Crippen LogP contribution in [0.2, 0.25) is 0 Å². The van der Waals surface area contributed by atoms with Crippen molar-refractivity contribution in [2.24, 2.45) is 0 Å². The Morgan fingerprint density at radius 1 is 1.03 bits per heavy atom. The van der Waals surface area contributed by atoms with Gasteiger partial charge in [0.25, 0.3) is 0 Å². The Hall–Kier alpha value is -1.93. The van der Waals surface area contributed by atoms with Crippen molar-refractivity contribution in [3.8, 4) is 0 Å². The molecular formula is C22H35N3O4S. The highest BCUT2D eigenvalue weighted by Gasteiger charge is 2.40. The molecule has 30 heavy (non-hydrogen) atoms. The number of benzene rings is 1. The number of carbonyl (C=O) groups is 2. The minimum absolute atomic E-state index is 0.0192. The molecule has 2 rings (SSSR count). The number of amides is 2. The molecule has 1 saturated carbocycles. The van der Waals surface area contributed by atoms with Crippen LogP contribution < -0.4 is 15.4 Å². The third-order valence-electron chi connectivity index (χ3n) is 5.77. The van der Waals surface area contributed by atoms with Crippen molar-refractivity contribution in [2.75, 3.05) is 13.1 Å². The summed E-state index contributed by atoms with van der Waals surface area (Å²) in [5.41, 5.74) is 1.03. The molecule has 7 nitrogen and oxygen atoms in total. The Morgan fingerprint density at radius 3 is 2.37 bits per heavy atom. The second-order valence-corrected chi connectivity index (χ2v) is 9.96. The van der Waals surface area contributed by atoms with E-state index in [4.69, 9.17) is 0 Å². The van der Waals surface area contributed by atoms with Crippen LogP contribution in [0.3, 0.4) is 0 Å². The highest BCUT2D eigenvalue weighted by Crippen LogP contribution is 2.28. The molecule has 1 fully saturated rings. The highest BCUT2D eigenvalue weighted by atomic mass is 32.2. The van der Waals surface area contributed by atoms with Gasteiger partial charge in [-0.25, -0.2) is 13.1 Å². The number of unbranched alkanes of at least 4 members (excludes halogenated alkanes) is 1. The molecule has 0 bridgehead atoms. The first kappa shape index (κ1) is 24.3. The van der Waals surface area contributed by atoms with E-state index in [0.717, 1.165) is 43.2 Å². The van der Waals surface area contributed by atoms with Gasteiger partial charge in [0.15, 0.2) is 0 Å². The Bertz CT molecular complexity index is 846. The SMILES string of the molecule is CCCCNC(=O)C1(NC(=O)CCNS(=O)(=O)c2ccc(C)c(C)c2)CCCCC1. The van der Waals surface area contributed by atoms with Gasteiger partial charge in [0.1, 0.15) is 5.54 Å². The monoisotopic (exact) mass is 437 g/mol. The first-order valence-electron chi connectivity index (χ1n) is 10.9. The van der Waals surface area contributed by atoms with Gasteiger partial charge in [0.05, 0.1) is 4.90 Å². The quantitative estimate of drug-likeness (QED) is 0.490. The fourth-order valence-electron chi connectivity index (χ4n) is 3.70. The Balaban J connectivity index is 1.93. The molecule has 0 atom stereocenters. The zero-order valence-electron chi connectivity index (χ0n) is 18.3. The van der Waals surface area contributed by atoms with Crippen molar-refractivity contribution < 1.29 is 18.0 Å². The molecule has 168 valence electrons. The summed E-state index contributed by atoms with van der Waals surface area (Å²) in [6.45, 7) is 6.42. The Morgan fingerprint density at radius 2 is 1.73 bits per heavy atom. The molecule has 0 saturated heterocycles. The molecule has 1 aromatic rings. The van der Waals surface area contributed by atoms with Gasteiger partial charge in [0, 0.05) is 19.5 Å². The smallest absolute Gasteiger partial charge is 0.245 e. The molecule has 1 aromatic carbocycles. The zero-order chi connectivity index (χ0) is 22.2. The van der Waals surface area contributed by atoms with Gasteiger partial charge < -0.3 is 10.6 Å². The molecule has 8 heteroatoms. The van der Waals surface area contributed by atoms with Gasteiger partial charge in [-0.1, -0.05) is 38.7 Å². The molecule has 1 aliphatic rings. The first-order valence-corrected chi connectivity index (χ1v) is 12.3. The fourth-order valence-corrected chi connectivity index (χ4v) is 4.82. The standard InChI is InChI=1S/C22H35N3O4S/c1-4-5-14-23-21(27)22(12-7-6-8-13-22)25-20(26)11-15-24-30(28,29)19-10-9-17(2)18(3)16-19/h9-10,16,24H,4-8,11-15H2,1-3H3,(H,23,27)(H,25,26). The number of sulfonamides is 1. The van der Waals surface area contributed by atoms with E-state index in [9.17, 15) is 18.0 Å². The molecule has 2 amide bonds. The predicted molar refractivity (Wildman–Crippen MR) is 118 cm³/mol. The van der Waals surface area contributed by atoms with E-state index in [2.05, 4.69) is 22.3 Å². The normalized spacial score (nSPS) is 16.1. The van der Waals surface area contributed by atoms with Crippen LogP contribution in [-0.2, 0) is 19.6 Å². The largest absolute Gasteiger partial charge is 0.354 e. The second kappa shape index (κ2) is 10.9. The summed E-state index contributed by atoms with van der Waals surface area (Å²) in [6.07, 6.45) is 5.93. The van der Waals surface area contributed by atoms with Crippen LogP contribution in [0.5, 0.6) is 0 Å². The van der Waals surface area contributed by atoms with E-state index in [0.29, 0.717) is 19.4 Å². The molecule has 0 radical (unpaired) electrons. The van der Waals surface area contributed by atoms with Crippen LogP contribution >= 0.6 is 0 Å². The van der Waals surface area contributed by atoms with Crippen LogP contribution in [0.15, 0.2) is 23.1 Å². The summed E-state index contributed by atoms with van der Waals surface area (Å²) in [4.78, 5) is 25.5. The van der Waals surface area contributed by atoms with Gasteiger partial charge in [-0.15, -0.1) is 0 Å². The van der Waals surface area contributed by atoms with Gasteiger partial charge >= 0.3 is 0 Å². The average molecular weight is 438 g/mol. The van der Waals surface area contributed by atoms with Crippen molar-refractivity contribution >= 4 is 21.8 Å². The lowest BCUT2D eigenvalue weighted by atomic mass is 9.80. The van der Waals surface area contributed by atoms with Gasteiger partial charge in [0.2, 0.25) is 21.8 Å². The highest BCUT2D eigenvalue weighted by molar-refractivity contribution is 7.89. The molecule has 0 heterocycles. The topological polar surface area (TPSA) is 104 Å². The molecule has 1 aliphatic carbocycles. The second-order valence-electron chi connectivity index (χ2n) is 8.19. The maximum absolute atomic E-state index is 12.8. The summed E-state index contributed by atoms with van der Waals surface area (Å²) >= 11 is 0. The van der Waals surface area contributed by atoms with Crippen molar-refractivity contribution in [1.82, 2.24) is 15.4 Å². The van der Waals surface area contributed by atoms with Crippen molar-refractivity contribution in [2.45, 2.75) is 82.6 Å². The lowest BCUT2D eigenvalue weighted by molar-refractivity contribution is -0.135.